The Hall–Kier alpha value is -2.21. The van der Waals surface area contributed by atoms with E-state index in [1.807, 2.05) is 12.4 Å². The molecule has 0 amide bonds. The first-order valence-electron chi connectivity index (χ1n) is 8.61. The van der Waals surface area contributed by atoms with Crippen molar-refractivity contribution in [3.05, 3.63) is 48.0 Å². The van der Waals surface area contributed by atoms with Crippen molar-refractivity contribution < 1.29 is 0 Å². The van der Waals surface area contributed by atoms with Gasteiger partial charge < -0.3 is 0 Å². The number of nitriles is 1. The highest BCUT2D eigenvalue weighted by Crippen LogP contribution is 2.34. The molecular formula is C20H23N3. The minimum Gasteiger partial charge on any atom is -0.240 e. The van der Waals surface area contributed by atoms with Crippen LogP contribution < -0.4 is 0 Å². The van der Waals surface area contributed by atoms with E-state index < -0.39 is 0 Å². The molecule has 0 radical (unpaired) electrons. The van der Waals surface area contributed by atoms with Gasteiger partial charge in [0, 0.05) is 29.8 Å². The first-order valence-corrected chi connectivity index (χ1v) is 8.61. The van der Waals surface area contributed by atoms with Crippen LogP contribution in [0.2, 0.25) is 0 Å². The quantitative estimate of drug-likeness (QED) is 0.807. The van der Waals surface area contributed by atoms with Crippen LogP contribution in [0, 0.1) is 17.2 Å². The summed E-state index contributed by atoms with van der Waals surface area (Å²) in [6.45, 7) is 2.20. The van der Waals surface area contributed by atoms with Crippen molar-refractivity contribution in [3.63, 3.8) is 0 Å². The second-order valence-electron chi connectivity index (χ2n) is 6.45. The molecule has 0 saturated heterocycles. The number of hydrogen-bond donors (Lipinski definition) is 0. The predicted octanol–water partition coefficient (Wildman–Crippen LogP) is 4.89. The van der Waals surface area contributed by atoms with Crippen LogP contribution in [0.25, 0.3) is 11.1 Å². The van der Waals surface area contributed by atoms with Gasteiger partial charge in [0.1, 0.15) is 5.82 Å². The Morgan fingerprint density at radius 2 is 1.65 bits per heavy atom. The van der Waals surface area contributed by atoms with Crippen molar-refractivity contribution in [2.75, 3.05) is 0 Å². The smallest absolute Gasteiger partial charge is 0.131 e. The molecule has 0 unspecified atom stereocenters. The van der Waals surface area contributed by atoms with Gasteiger partial charge in [0.05, 0.1) is 6.07 Å². The van der Waals surface area contributed by atoms with Crippen molar-refractivity contribution in [1.29, 1.82) is 5.26 Å². The fourth-order valence-corrected chi connectivity index (χ4v) is 3.33. The van der Waals surface area contributed by atoms with Crippen LogP contribution in [0.15, 0.2) is 36.7 Å². The van der Waals surface area contributed by atoms with E-state index in [1.165, 1.54) is 17.5 Å². The second-order valence-corrected chi connectivity index (χ2v) is 6.45. The van der Waals surface area contributed by atoms with Crippen LogP contribution in [0.5, 0.6) is 0 Å². The third-order valence-electron chi connectivity index (χ3n) is 4.77. The molecule has 2 aromatic rings. The van der Waals surface area contributed by atoms with Crippen LogP contribution in [0.3, 0.4) is 0 Å². The van der Waals surface area contributed by atoms with Gasteiger partial charge in [-0.2, -0.15) is 5.26 Å². The minimum absolute atomic E-state index is 0.229. The van der Waals surface area contributed by atoms with Crippen molar-refractivity contribution >= 4 is 0 Å². The van der Waals surface area contributed by atoms with Crippen molar-refractivity contribution in [2.24, 2.45) is 5.92 Å². The van der Waals surface area contributed by atoms with Crippen molar-refractivity contribution in [2.45, 2.75) is 51.4 Å². The van der Waals surface area contributed by atoms with E-state index in [2.05, 4.69) is 47.2 Å². The SMILES string of the molecule is CCCc1ccc(-c2cnc([C@H]3CC[C@H](C#N)CC3)nc2)cc1. The number of benzene rings is 1. The average molecular weight is 305 g/mol. The summed E-state index contributed by atoms with van der Waals surface area (Å²) in [4.78, 5) is 9.19. The minimum atomic E-state index is 0.229. The molecular weight excluding hydrogens is 282 g/mol. The van der Waals surface area contributed by atoms with E-state index in [1.54, 1.807) is 0 Å². The van der Waals surface area contributed by atoms with E-state index in [0.717, 1.165) is 43.5 Å². The molecule has 0 N–H and O–H groups in total. The molecule has 1 saturated carbocycles. The van der Waals surface area contributed by atoms with Crippen molar-refractivity contribution in [1.82, 2.24) is 9.97 Å². The normalized spacial score (nSPS) is 20.9. The van der Waals surface area contributed by atoms with E-state index in [-0.39, 0.29) is 5.92 Å². The second kappa shape index (κ2) is 7.37. The molecule has 0 aliphatic heterocycles. The van der Waals surface area contributed by atoms with E-state index >= 15 is 0 Å². The fourth-order valence-electron chi connectivity index (χ4n) is 3.33. The molecule has 1 aliphatic carbocycles. The largest absolute Gasteiger partial charge is 0.240 e. The molecule has 1 aromatic heterocycles. The van der Waals surface area contributed by atoms with E-state index in [0.29, 0.717) is 5.92 Å². The van der Waals surface area contributed by atoms with Crippen LogP contribution in [-0.2, 0) is 6.42 Å². The lowest BCUT2D eigenvalue weighted by molar-refractivity contribution is 0.372. The average Bonchev–Trinajstić information content (AvgIpc) is 2.63. The lowest BCUT2D eigenvalue weighted by Crippen LogP contribution is -2.14. The monoisotopic (exact) mass is 305 g/mol. The van der Waals surface area contributed by atoms with Gasteiger partial charge >= 0.3 is 0 Å². The number of aromatic nitrogens is 2. The maximum absolute atomic E-state index is 8.98. The Kier molecular flexibility index (Phi) is 5.02. The lowest BCUT2D eigenvalue weighted by atomic mass is 9.82. The summed E-state index contributed by atoms with van der Waals surface area (Å²) in [6, 6.07) is 11.1. The highest BCUT2D eigenvalue weighted by atomic mass is 14.9. The van der Waals surface area contributed by atoms with Crippen LogP contribution >= 0.6 is 0 Å². The Labute approximate surface area is 138 Å². The van der Waals surface area contributed by atoms with Crippen LogP contribution in [-0.4, -0.2) is 9.97 Å². The first-order chi connectivity index (χ1) is 11.3. The Bertz CT molecular complexity index is 660. The van der Waals surface area contributed by atoms with Gasteiger partial charge in [-0.3, -0.25) is 0 Å². The third kappa shape index (κ3) is 3.76. The molecule has 1 fully saturated rings. The molecule has 1 aliphatic rings. The molecule has 3 heteroatoms. The topological polar surface area (TPSA) is 49.6 Å². The zero-order chi connectivity index (χ0) is 16.1. The Morgan fingerprint density at radius 3 is 2.22 bits per heavy atom. The zero-order valence-corrected chi connectivity index (χ0v) is 13.7. The molecule has 3 rings (SSSR count). The van der Waals surface area contributed by atoms with E-state index in [9.17, 15) is 0 Å². The summed E-state index contributed by atoms with van der Waals surface area (Å²) in [5.74, 6) is 1.58. The first kappa shape index (κ1) is 15.7. The number of nitrogens with zero attached hydrogens (tertiary/aromatic N) is 3. The van der Waals surface area contributed by atoms with Gasteiger partial charge in [-0.25, -0.2) is 9.97 Å². The predicted molar refractivity (Wildman–Crippen MR) is 91.8 cm³/mol. The maximum Gasteiger partial charge on any atom is 0.131 e. The number of rotatable bonds is 4. The number of hydrogen-bond acceptors (Lipinski definition) is 3. The summed E-state index contributed by atoms with van der Waals surface area (Å²) < 4.78 is 0. The highest BCUT2D eigenvalue weighted by Gasteiger charge is 2.23. The summed E-state index contributed by atoms with van der Waals surface area (Å²) in [5.41, 5.74) is 3.62. The van der Waals surface area contributed by atoms with Gasteiger partial charge in [-0.15, -0.1) is 0 Å². The van der Waals surface area contributed by atoms with Crippen molar-refractivity contribution in [3.8, 4) is 17.2 Å². The van der Waals surface area contributed by atoms with Gasteiger partial charge in [0.25, 0.3) is 0 Å². The number of aryl methyl sites for hydroxylation is 1. The lowest BCUT2D eigenvalue weighted by Gasteiger charge is -2.23. The molecule has 0 bridgehead atoms. The molecule has 3 nitrogen and oxygen atoms in total. The highest BCUT2D eigenvalue weighted by molar-refractivity contribution is 5.61. The summed E-state index contributed by atoms with van der Waals surface area (Å²) >= 11 is 0. The molecule has 23 heavy (non-hydrogen) atoms. The standard InChI is InChI=1S/C20H23N3/c1-2-3-15-4-8-17(9-5-15)19-13-22-20(23-14-19)18-10-6-16(12-21)7-11-18/h4-5,8-9,13-14,16,18H,2-3,6-7,10-11H2,1H3/t16-,18-. The van der Waals surface area contributed by atoms with Crippen LogP contribution in [0.4, 0.5) is 0 Å². The van der Waals surface area contributed by atoms with E-state index in [4.69, 9.17) is 5.26 Å². The summed E-state index contributed by atoms with van der Waals surface area (Å²) in [7, 11) is 0. The molecule has 118 valence electrons. The Balaban J connectivity index is 1.68. The summed E-state index contributed by atoms with van der Waals surface area (Å²) in [5, 5.41) is 8.98. The van der Waals surface area contributed by atoms with Gasteiger partial charge in [0.15, 0.2) is 0 Å². The molecule has 0 atom stereocenters. The molecule has 0 spiro atoms. The van der Waals surface area contributed by atoms with Crippen LogP contribution in [0.1, 0.15) is 56.3 Å². The van der Waals surface area contributed by atoms with Gasteiger partial charge in [-0.05, 0) is 43.2 Å². The zero-order valence-electron chi connectivity index (χ0n) is 13.7. The van der Waals surface area contributed by atoms with Gasteiger partial charge in [0.2, 0.25) is 0 Å². The third-order valence-corrected chi connectivity index (χ3v) is 4.77. The summed E-state index contributed by atoms with van der Waals surface area (Å²) in [6.07, 6.45) is 10.2. The Morgan fingerprint density at radius 1 is 1.00 bits per heavy atom. The maximum atomic E-state index is 8.98. The molecule has 1 aromatic carbocycles. The molecule has 1 heterocycles. The fraction of sp³-hybridized carbons (Fsp3) is 0.450. The van der Waals surface area contributed by atoms with Gasteiger partial charge in [-0.1, -0.05) is 37.6 Å².